The zero-order chi connectivity index (χ0) is 15.2. The third kappa shape index (κ3) is 3.41. The summed E-state index contributed by atoms with van der Waals surface area (Å²) in [6.07, 6.45) is 1.44. The first kappa shape index (κ1) is 14.2. The lowest BCUT2D eigenvalue weighted by atomic mass is 10.1. The van der Waals surface area contributed by atoms with Crippen molar-refractivity contribution in [2.24, 2.45) is 0 Å². The summed E-state index contributed by atoms with van der Waals surface area (Å²) in [6.45, 7) is 0. The molecule has 0 saturated carbocycles. The minimum atomic E-state index is -1.23. The number of hydrogen-bond acceptors (Lipinski definition) is 4. The fourth-order valence-electron chi connectivity index (χ4n) is 1.61. The van der Waals surface area contributed by atoms with Gasteiger partial charge in [-0.05, 0) is 24.3 Å². The highest BCUT2D eigenvalue weighted by molar-refractivity contribution is 6.05. The zero-order valence-corrected chi connectivity index (χ0v) is 10.7. The van der Waals surface area contributed by atoms with Crippen molar-refractivity contribution in [2.75, 3.05) is 0 Å². The molecule has 0 radical (unpaired) electrons. The second-order valence-electron chi connectivity index (χ2n) is 3.97. The highest BCUT2D eigenvalue weighted by Gasteiger charge is 2.16. The number of carboxylic acid groups (broad SMARTS) is 1. The van der Waals surface area contributed by atoms with Gasteiger partial charge in [0.05, 0.1) is 11.1 Å². The van der Waals surface area contributed by atoms with Crippen LogP contribution in [-0.4, -0.2) is 27.9 Å². The Morgan fingerprint density at radius 1 is 0.857 bits per heavy atom. The molecule has 0 unspecified atom stereocenters. The van der Waals surface area contributed by atoms with E-state index in [1.807, 2.05) is 0 Å². The van der Waals surface area contributed by atoms with Gasteiger partial charge in [0.1, 0.15) is 5.69 Å². The average molecular weight is 285 g/mol. The molecule has 21 heavy (non-hydrogen) atoms. The number of rotatable bonds is 3. The molecule has 1 aromatic heterocycles. The summed E-state index contributed by atoms with van der Waals surface area (Å²) in [5.74, 6) is -2.55. The van der Waals surface area contributed by atoms with Gasteiger partial charge in [0.25, 0.3) is 11.8 Å². The molecule has 0 saturated heterocycles. The monoisotopic (exact) mass is 285 g/mol. The van der Waals surface area contributed by atoms with Crippen LogP contribution in [0.3, 0.4) is 0 Å². The van der Waals surface area contributed by atoms with E-state index in [9.17, 15) is 14.4 Å². The van der Waals surface area contributed by atoms with E-state index in [0.717, 1.165) is 0 Å². The van der Waals surface area contributed by atoms with E-state index in [0.29, 0.717) is 0 Å². The maximum atomic E-state index is 11.9. The highest BCUT2D eigenvalue weighted by Crippen LogP contribution is 2.08. The number of aromatic nitrogens is 1. The first-order valence-electron chi connectivity index (χ1n) is 5.93. The van der Waals surface area contributed by atoms with Gasteiger partial charge < -0.3 is 5.11 Å². The Bertz CT molecular complexity index is 686. The Kier molecular flexibility index (Phi) is 4.25. The maximum absolute atomic E-state index is 11.9. The lowest BCUT2D eigenvalue weighted by Gasteiger charge is -2.08. The van der Waals surface area contributed by atoms with Crippen LogP contribution in [0.2, 0.25) is 0 Å². The molecular weight excluding hydrogens is 274 g/mol. The molecule has 7 heteroatoms. The van der Waals surface area contributed by atoms with Crippen LogP contribution in [0.5, 0.6) is 0 Å². The van der Waals surface area contributed by atoms with Crippen LogP contribution in [0, 0.1) is 0 Å². The summed E-state index contributed by atoms with van der Waals surface area (Å²) in [5.41, 5.74) is 4.25. The molecule has 0 spiro atoms. The number of nitrogens with zero attached hydrogens (tertiary/aromatic N) is 1. The number of nitrogens with one attached hydrogen (secondary N) is 2. The van der Waals surface area contributed by atoms with Gasteiger partial charge in [0.15, 0.2) is 0 Å². The molecule has 1 heterocycles. The van der Waals surface area contributed by atoms with E-state index in [1.165, 1.54) is 36.5 Å². The van der Waals surface area contributed by atoms with Crippen molar-refractivity contribution >= 4 is 17.8 Å². The number of carboxylic acids is 1. The second-order valence-corrected chi connectivity index (χ2v) is 3.97. The largest absolute Gasteiger partial charge is 0.478 e. The molecule has 2 rings (SSSR count). The predicted octanol–water partition coefficient (Wildman–Crippen LogP) is 0.855. The Morgan fingerprint density at radius 2 is 1.48 bits per heavy atom. The lowest BCUT2D eigenvalue weighted by Crippen LogP contribution is -2.42. The van der Waals surface area contributed by atoms with Gasteiger partial charge in [-0.25, -0.2) is 4.79 Å². The zero-order valence-electron chi connectivity index (χ0n) is 10.7. The minimum Gasteiger partial charge on any atom is -0.478 e. The molecular formula is C14H11N3O4. The number of benzene rings is 1. The van der Waals surface area contributed by atoms with Crippen molar-refractivity contribution in [3.8, 4) is 0 Å². The van der Waals surface area contributed by atoms with E-state index >= 15 is 0 Å². The lowest BCUT2D eigenvalue weighted by molar-refractivity contribution is 0.0690. The minimum absolute atomic E-state index is 0.0497. The molecule has 7 nitrogen and oxygen atoms in total. The van der Waals surface area contributed by atoms with Gasteiger partial charge in [-0.1, -0.05) is 18.2 Å². The predicted molar refractivity (Wildman–Crippen MR) is 72.6 cm³/mol. The van der Waals surface area contributed by atoms with Crippen LogP contribution in [0.15, 0.2) is 48.7 Å². The van der Waals surface area contributed by atoms with Crippen molar-refractivity contribution < 1.29 is 19.5 Å². The number of hydrazine groups is 1. The summed E-state index contributed by atoms with van der Waals surface area (Å²) < 4.78 is 0. The molecule has 1 aromatic carbocycles. The third-order valence-electron chi connectivity index (χ3n) is 2.59. The standard InChI is InChI=1S/C14H11N3O4/c18-12(9-5-1-2-6-10(9)14(20)21)16-17-13(19)11-7-3-4-8-15-11/h1-8H,(H,16,18)(H,17,19)(H,20,21). The van der Waals surface area contributed by atoms with Gasteiger partial charge in [-0.2, -0.15) is 0 Å². The fourth-order valence-corrected chi connectivity index (χ4v) is 1.61. The smallest absolute Gasteiger partial charge is 0.336 e. The molecule has 0 aliphatic carbocycles. The van der Waals surface area contributed by atoms with Crippen LogP contribution in [0.25, 0.3) is 0 Å². The molecule has 3 N–H and O–H groups in total. The van der Waals surface area contributed by atoms with Crippen LogP contribution in [-0.2, 0) is 0 Å². The van der Waals surface area contributed by atoms with E-state index in [1.54, 1.807) is 12.1 Å². The summed E-state index contributed by atoms with van der Waals surface area (Å²) in [4.78, 5) is 38.4. The van der Waals surface area contributed by atoms with Crippen LogP contribution in [0.1, 0.15) is 31.2 Å². The maximum Gasteiger partial charge on any atom is 0.336 e. The van der Waals surface area contributed by atoms with Crippen LogP contribution in [0.4, 0.5) is 0 Å². The van der Waals surface area contributed by atoms with Gasteiger partial charge in [-0.15, -0.1) is 0 Å². The number of carbonyl (C=O) groups is 3. The summed E-state index contributed by atoms with van der Waals surface area (Å²) in [7, 11) is 0. The number of aromatic carboxylic acids is 1. The van der Waals surface area contributed by atoms with Crippen LogP contribution >= 0.6 is 0 Å². The first-order valence-corrected chi connectivity index (χ1v) is 5.93. The molecule has 0 aliphatic rings. The Labute approximate surface area is 119 Å². The SMILES string of the molecule is O=C(NNC(=O)c1ccccc1C(=O)O)c1ccccn1. The number of pyridine rings is 1. The molecule has 0 atom stereocenters. The van der Waals surface area contributed by atoms with Crippen molar-refractivity contribution in [1.29, 1.82) is 0 Å². The topological polar surface area (TPSA) is 108 Å². The number of hydrogen-bond donors (Lipinski definition) is 3. The quantitative estimate of drug-likeness (QED) is 0.725. The van der Waals surface area contributed by atoms with Crippen molar-refractivity contribution in [2.45, 2.75) is 0 Å². The highest BCUT2D eigenvalue weighted by atomic mass is 16.4. The Balaban J connectivity index is 2.06. The molecule has 106 valence electrons. The van der Waals surface area contributed by atoms with E-state index in [2.05, 4.69) is 15.8 Å². The van der Waals surface area contributed by atoms with Gasteiger partial charge >= 0.3 is 5.97 Å². The van der Waals surface area contributed by atoms with E-state index in [-0.39, 0.29) is 16.8 Å². The fraction of sp³-hybridized carbons (Fsp3) is 0. The Morgan fingerprint density at radius 3 is 2.10 bits per heavy atom. The van der Waals surface area contributed by atoms with Crippen molar-refractivity contribution in [3.05, 3.63) is 65.5 Å². The first-order chi connectivity index (χ1) is 10.1. The molecule has 2 amide bonds. The van der Waals surface area contributed by atoms with E-state index < -0.39 is 17.8 Å². The van der Waals surface area contributed by atoms with E-state index in [4.69, 9.17) is 5.11 Å². The second kappa shape index (κ2) is 6.29. The summed E-state index contributed by atoms with van der Waals surface area (Å²) in [6, 6.07) is 10.5. The molecule has 0 aliphatic heterocycles. The van der Waals surface area contributed by atoms with Gasteiger partial charge in [-0.3, -0.25) is 25.4 Å². The van der Waals surface area contributed by atoms with Gasteiger partial charge in [0, 0.05) is 6.20 Å². The molecule has 0 bridgehead atoms. The molecule has 2 aromatic rings. The number of amides is 2. The van der Waals surface area contributed by atoms with Crippen molar-refractivity contribution in [3.63, 3.8) is 0 Å². The van der Waals surface area contributed by atoms with Gasteiger partial charge in [0.2, 0.25) is 0 Å². The Hall–Kier alpha value is -3.22. The average Bonchev–Trinajstić information content (AvgIpc) is 2.53. The normalized spacial score (nSPS) is 9.71. The molecule has 0 fully saturated rings. The summed E-state index contributed by atoms with van der Waals surface area (Å²) in [5, 5.41) is 8.99. The summed E-state index contributed by atoms with van der Waals surface area (Å²) >= 11 is 0. The van der Waals surface area contributed by atoms with Crippen molar-refractivity contribution in [1.82, 2.24) is 15.8 Å². The van der Waals surface area contributed by atoms with Crippen LogP contribution < -0.4 is 10.9 Å². The third-order valence-corrected chi connectivity index (χ3v) is 2.59. The number of carbonyl (C=O) groups excluding carboxylic acids is 2.